The van der Waals surface area contributed by atoms with Crippen LogP contribution >= 0.6 is 27.5 Å². The lowest BCUT2D eigenvalue weighted by Gasteiger charge is -2.20. The van der Waals surface area contributed by atoms with E-state index in [0.29, 0.717) is 5.75 Å². The van der Waals surface area contributed by atoms with E-state index in [1.54, 1.807) is 0 Å². The molecule has 0 aliphatic carbocycles. The molecule has 1 atom stereocenters. The standard InChI is InChI=1S/C18H20BrClN2O4S/c1-12(13-4-6-14(19)7-5-13)21-18(23)11-22(2)27(24,25)15-8-9-17(26-3)16(20)10-15/h4-10,12H,11H2,1-3H3,(H,21,23)/t12-/m0/s1. The summed E-state index contributed by atoms with van der Waals surface area (Å²) < 4.78 is 32.3. The molecule has 0 bridgehead atoms. The molecule has 2 rings (SSSR count). The van der Waals surface area contributed by atoms with E-state index in [0.717, 1.165) is 14.3 Å². The van der Waals surface area contributed by atoms with Crippen LogP contribution in [0.2, 0.25) is 5.02 Å². The number of benzene rings is 2. The van der Waals surface area contributed by atoms with Crippen molar-refractivity contribution >= 4 is 43.5 Å². The van der Waals surface area contributed by atoms with Crippen molar-refractivity contribution in [2.75, 3.05) is 20.7 Å². The van der Waals surface area contributed by atoms with Gasteiger partial charge in [0, 0.05) is 11.5 Å². The van der Waals surface area contributed by atoms with Gasteiger partial charge in [-0.2, -0.15) is 4.31 Å². The van der Waals surface area contributed by atoms with E-state index in [2.05, 4.69) is 21.2 Å². The lowest BCUT2D eigenvalue weighted by Crippen LogP contribution is -2.39. The van der Waals surface area contributed by atoms with E-state index in [9.17, 15) is 13.2 Å². The van der Waals surface area contributed by atoms with Gasteiger partial charge in [-0.15, -0.1) is 0 Å². The first-order valence-electron chi connectivity index (χ1n) is 8.00. The fraction of sp³-hybridized carbons (Fsp3) is 0.278. The number of ether oxygens (including phenoxy) is 1. The van der Waals surface area contributed by atoms with Gasteiger partial charge >= 0.3 is 0 Å². The molecule has 0 spiro atoms. The van der Waals surface area contributed by atoms with Crippen molar-refractivity contribution < 1.29 is 17.9 Å². The van der Waals surface area contributed by atoms with Gasteiger partial charge in [-0.3, -0.25) is 4.79 Å². The maximum Gasteiger partial charge on any atom is 0.243 e. The van der Waals surface area contributed by atoms with E-state index < -0.39 is 15.9 Å². The maximum absolute atomic E-state index is 12.7. The second-order valence-electron chi connectivity index (χ2n) is 5.90. The highest BCUT2D eigenvalue weighted by atomic mass is 79.9. The van der Waals surface area contributed by atoms with E-state index in [1.807, 2.05) is 31.2 Å². The molecule has 0 heterocycles. The molecule has 2 aromatic rings. The number of nitrogens with zero attached hydrogens (tertiary/aromatic N) is 1. The number of rotatable bonds is 7. The average Bonchev–Trinajstić information content (AvgIpc) is 2.61. The number of carbonyl (C=O) groups is 1. The first-order chi connectivity index (χ1) is 12.6. The van der Waals surface area contributed by atoms with Crippen molar-refractivity contribution in [3.8, 4) is 5.75 Å². The lowest BCUT2D eigenvalue weighted by atomic mass is 10.1. The minimum absolute atomic E-state index is 0.00967. The SMILES string of the molecule is COc1ccc(S(=O)(=O)N(C)CC(=O)N[C@@H](C)c2ccc(Br)cc2)cc1Cl. The third kappa shape index (κ3) is 5.44. The van der Waals surface area contributed by atoms with Crippen molar-refractivity contribution in [3.05, 3.63) is 57.5 Å². The second kappa shape index (κ2) is 9.05. The first-order valence-corrected chi connectivity index (χ1v) is 10.6. The molecule has 0 radical (unpaired) electrons. The molecular weight excluding hydrogens is 456 g/mol. The van der Waals surface area contributed by atoms with Gasteiger partial charge in [-0.05, 0) is 42.8 Å². The number of hydrogen-bond donors (Lipinski definition) is 1. The molecule has 6 nitrogen and oxygen atoms in total. The number of methoxy groups -OCH3 is 1. The van der Waals surface area contributed by atoms with E-state index in [4.69, 9.17) is 16.3 Å². The van der Waals surface area contributed by atoms with Crippen molar-refractivity contribution in [3.63, 3.8) is 0 Å². The molecule has 0 aliphatic heterocycles. The molecule has 1 N–H and O–H groups in total. The fourth-order valence-electron chi connectivity index (χ4n) is 2.40. The Morgan fingerprint density at radius 1 is 1.26 bits per heavy atom. The molecule has 0 saturated carbocycles. The van der Waals surface area contributed by atoms with Crippen LogP contribution in [-0.2, 0) is 14.8 Å². The van der Waals surface area contributed by atoms with E-state index in [-0.39, 0.29) is 22.5 Å². The molecule has 146 valence electrons. The molecule has 0 aliphatic rings. The minimum atomic E-state index is -3.86. The fourth-order valence-corrected chi connectivity index (χ4v) is 4.14. The Morgan fingerprint density at radius 3 is 2.44 bits per heavy atom. The zero-order valence-electron chi connectivity index (χ0n) is 15.1. The smallest absolute Gasteiger partial charge is 0.243 e. The maximum atomic E-state index is 12.7. The molecule has 1 amide bonds. The number of nitrogens with one attached hydrogen (secondary N) is 1. The summed E-state index contributed by atoms with van der Waals surface area (Å²) in [4.78, 5) is 12.3. The summed E-state index contributed by atoms with van der Waals surface area (Å²) in [5, 5.41) is 2.97. The highest BCUT2D eigenvalue weighted by Crippen LogP contribution is 2.28. The quantitative estimate of drug-likeness (QED) is 0.664. The molecule has 0 aromatic heterocycles. The topological polar surface area (TPSA) is 75.7 Å². The Balaban J connectivity index is 2.06. The largest absolute Gasteiger partial charge is 0.495 e. The number of likely N-dealkylation sites (N-methyl/N-ethyl adjacent to an activating group) is 1. The monoisotopic (exact) mass is 474 g/mol. The summed E-state index contributed by atoms with van der Waals surface area (Å²) >= 11 is 9.36. The molecule has 27 heavy (non-hydrogen) atoms. The highest BCUT2D eigenvalue weighted by molar-refractivity contribution is 9.10. The zero-order valence-corrected chi connectivity index (χ0v) is 18.2. The molecule has 9 heteroatoms. The molecule has 0 fully saturated rings. The molecule has 0 saturated heterocycles. The van der Waals surface area contributed by atoms with Crippen LogP contribution in [0.3, 0.4) is 0 Å². The lowest BCUT2D eigenvalue weighted by molar-refractivity contribution is -0.121. The highest BCUT2D eigenvalue weighted by Gasteiger charge is 2.24. The van der Waals surface area contributed by atoms with Crippen molar-refractivity contribution in [2.45, 2.75) is 17.9 Å². The van der Waals surface area contributed by atoms with E-state index >= 15 is 0 Å². The summed E-state index contributed by atoms with van der Waals surface area (Å²) in [6.07, 6.45) is 0. The van der Waals surface area contributed by atoms with Gasteiger partial charge < -0.3 is 10.1 Å². The van der Waals surface area contributed by atoms with Crippen LogP contribution in [0.15, 0.2) is 51.8 Å². The Bertz CT molecular complexity index is 919. The first kappa shape index (κ1) is 21.7. The van der Waals surface area contributed by atoms with Crippen LogP contribution in [0.5, 0.6) is 5.75 Å². The van der Waals surface area contributed by atoms with Crippen LogP contribution in [0.25, 0.3) is 0 Å². The number of hydrogen-bond acceptors (Lipinski definition) is 4. The Hall–Kier alpha value is -1.61. The van der Waals surface area contributed by atoms with Gasteiger partial charge in [0.15, 0.2) is 0 Å². The second-order valence-corrected chi connectivity index (χ2v) is 9.27. The summed E-state index contributed by atoms with van der Waals surface area (Å²) in [5.41, 5.74) is 0.916. The van der Waals surface area contributed by atoms with Gasteiger partial charge in [-0.25, -0.2) is 8.42 Å². The minimum Gasteiger partial charge on any atom is -0.495 e. The normalized spacial score (nSPS) is 12.7. The van der Waals surface area contributed by atoms with Crippen molar-refractivity contribution in [1.82, 2.24) is 9.62 Å². The number of amides is 1. The molecular formula is C18H20BrClN2O4S. The van der Waals surface area contributed by atoms with E-state index in [1.165, 1.54) is 32.4 Å². The average molecular weight is 476 g/mol. The Morgan fingerprint density at radius 2 is 1.89 bits per heavy atom. The van der Waals surface area contributed by atoms with Gasteiger partial charge in [-0.1, -0.05) is 39.7 Å². The third-order valence-electron chi connectivity index (χ3n) is 3.95. The number of halogens is 2. The molecule has 2 aromatic carbocycles. The van der Waals surface area contributed by atoms with Gasteiger partial charge in [0.05, 0.1) is 29.6 Å². The predicted octanol–water partition coefficient (Wildman–Crippen LogP) is 3.61. The van der Waals surface area contributed by atoms with Crippen LogP contribution in [0, 0.1) is 0 Å². The number of sulfonamides is 1. The predicted molar refractivity (Wildman–Crippen MR) is 109 cm³/mol. The van der Waals surface area contributed by atoms with Crippen LogP contribution in [0.4, 0.5) is 0 Å². The van der Waals surface area contributed by atoms with Crippen molar-refractivity contribution in [1.29, 1.82) is 0 Å². The van der Waals surface area contributed by atoms with Crippen LogP contribution < -0.4 is 10.1 Å². The molecule has 0 unspecified atom stereocenters. The summed E-state index contributed by atoms with van der Waals surface area (Å²) in [7, 11) is -1.07. The third-order valence-corrected chi connectivity index (χ3v) is 6.57. The summed E-state index contributed by atoms with van der Waals surface area (Å²) in [5.74, 6) is -0.0320. The van der Waals surface area contributed by atoms with Gasteiger partial charge in [0.1, 0.15) is 5.75 Å². The Labute approximate surface area is 172 Å². The number of carbonyl (C=O) groups excluding carboxylic acids is 1. The van der Waals surface area contributed by atoms with Crippen LogP contribution in [0.1, 0.15) is 18.5 Å². The van der Waals surface area contributed by atoms with Crippen LogP contribution in [-0.4, -0.2) is 39.3 Å². The van der Waals surface area contributed by atoms with Gasteiger partial charge in [0.2, 0.25) is 15.9 Å². The van der Waals surface area contributed by atoms with Crippen molar-refractivity contribution in [2.24, 2.45) is 0 Å². The summed E-state index contributed by atoms with van der Waals surface area (Å²) in [6, 6.07) is 11.4. The van der Waals surface area contributed by atoms with Gasteiger partial charge in [0.25, 0.3) is 0 Å². The summed E-state index contributed by atoms with van der Waals surface area (Å²) in [6.45, 7) is 1.52. The zero-order chi connectivity index (χ0) is 20.2. The Kier molecular flexibility index (Phi) is 7.27.